The Bertz CT molecular complexity index is 909. The van der Waals surface area contributed by atoms with Gasteiger partial charge in [0.15, 0.2) is 0 Å². The SMILES string of the molecule is COc1cc(C(C)(C)C)c(C(=O)O)cc1-c1cc(C(=O)O)c(C(C)(C)C)cc1OC. The van der Waals surface area contributed by atoms with E-state index in [1.165, 1.54) is 26.4 Å². The summed E-state index contributed by atoms with van der Waals surface area (Å²) >= 11 is 0. The van der Waals surface area contributed by atoms with E-state index in [1.807, 2.05) is 41.5 Å². The minimum atomic E-state index is -1.06. The van der Waals surface area contributed by atoms with Gasteiger partial charge in [-0.15, -0.1) is 0 Å². The number of ether oxygens (including phenoxy) is 2. The van der Waals surface area contributed by atoms with E-state index in [0.29, 0.717) is 33.8 Å². The second kappa shape index (κ2) is 8.01. The van der Waals surface area contributed by atoms with Gasteiger partial charge in [0.1, 0.15) is 11.5 Å². The smallest absolute Gasteiger partial charge is 0.336 e. The molecule has 0 aromatic heterocycles. The van der Waals surface area contributed by atoms with Crippen molar-refractivity contribution in [3.8, 4) is 22.6 Å². The van der Waals surface area contributed by atoms with Crippen LogP contribution in [0.25, 0.3) is 11.1 Å². The van der Waals surface area contributed by atoms with Crippen molar-refractivity contribution in [2.75, 3.05) is 14.2 Å². The van der Waals surface area contributed by atoms with E-state index >= 15 is 0 Å². The van der Waals surface area contributed by atoms with Gasteiger partial charge in [0.05, 0.1) is 25.3 Å². The molecule has 6 heteroatoms. The van der Waals surface area contributed by atoms with Gasteiger partial charge in [0.2, 0.25) is 0 Å². The summed E-state index contributed by atoms with van der Waals surface area (Å²) in [5, 5.41) is 19.6. The topological polar surface area (TPSA) is 93.1 Å². The minimum Gasteiger partial charge on any atom is -0.496 e. The maximum atomic E-state index is 12.0. The molecule has 0 spiro atoms. The number of carboxylic acid groups (broad SMARTS) is 2. The molecule has 0 atom stereocenters. The van der Waals surface area contributed by atoms with Gasteiger partial charge in [-0.05, 0) is 46.2 Å². The molecule has 0 aliphatic carbocycles. The fourth-order valence-electron chi connectivity index (χ4n) is 3.51. The molecule has 2 N–H and O–H groups in total. The lowest BCUT2D eigenvalue weighted by atomic mass is 9.80. The number of carbonyl (C=O) groups is 2. The van der Waals surface area contributed by atoms with Crippen LogP contribution in [0, 0.1) is 0 Å². The highest BCUT2D eigenvalue weighted by molar-refractivity contribution is 5.96. The predicted molar refractivity (Wildman–Crippen MR) is 116 cm³/mol. The van der Waals surface area contributed by atoms with Gasteiger partial charge in [-0.1, -0.05) is 41.5 Å². The molecule has 0 bridgehead atoms. The highest BCUT2D eigenvalue weighted by Gasteiger charge is 2.28. The third-order valence-corrected chi connectivity index (χ3v) is 5.05. The molecule has 0 saturated heterocycles. The molecule has 0 heterocycles. The Kier molecular flexibility index (Phi) is 6.21. The molecule has 0 radical (unpaired) electrons. The van der Waals surface area contributed by atoms with Gasteiger partial charge in [-0.3, -0.25) is 0 Å². The van der Waals surface area contributed by atoms with Crippen molar-refractivity contribution in [1.82, 2.24) is 0 Å². The fraction of sp³-hybridized carbons (Fsp3) is 0.417. The number of hydrogen-bond acceptors (Lipinski definition) is 4. The van der Waals surface area contributed by atoms with Crippen LogP contribution in [0.5, 0.6) is 11.5 Å². The van der Waals surface area contributed by atoms with Crippen molar-refractivity contribution >= 4 is 11.9 Å². The van der Waals surface area contributed by atoms with Gasteiger partial charge in [0, 0.05) is 11.1 Å². The van der Waals surface area contributed by atoms with Crippen LogP contribution in [-0.2, 0) is 10.8 Å². The van der Waals surface area contributed by atoms with Crippen molar-refractivity contribution in [1.29, 1.82) is 0 Å². The maximum Gasteiger partial charge on any atom is 0.336 e. The van der Waals surface area contributed by atoms with Crippen LogP contribution in [0.1, 0.15) is 73.4 Å². The van der Waals surface area contributed by atoms with Crippen LogP contribution in [0.2, 0.25) is 0 Å². The highest BCUT2D eigenvalue weighted by atomic mass is 16.5. The van der Waals surface area contributed by atoms with Crippen LogP contribution in [0.15, 0.2) is 24.3 Å². The fourth-order valence-corrected chi connectivity index (χ4v) is 3.51. The van der Waals surface area contributed by atoms with Crippen LogP contribution in [0.3, 0.4) is 0 Å². The summed E-state index contributed by atoms with van der Waals surface area (Å²) in [5.41, 5.74) is 1.59. The van der Waals surface area contributed by atoms with Crippen molar-refractivity contribution < 1.29 is 29.3 Å². The van der Waals surface area contributed by atoms with E-state index in [-0.39, 0.29) is 11.1 Å². The van der Waals surface area contributed by atoms with E-state index in [0.717, 1.165) is 0 Å². The Labute approximate surface area is 177 Å². The van der Waals surface area contributed by atoms with Crippen LogP contribution >= 0.6 is 0 Å². The second-order valence-corrected chi connectivity index (χ2v) is 9.31. The highest BCUT2D eigenvalue weighted by Crippen LogP contribution is 2.43. The number of aromatic carboxylic acids is 2. The first kappa shape index (κ1) is 23.3. The molecule has 162 valence electrons. The maximum absolute atomic E-state index is 12.0. The minimum absolute atomic E-state index is 0.136. The largest absolute Gasteiger partial charge is 0.496 e. The summed E-state index contributed by atoms with van der Waals surface area (Å²) in [6.07, 6.45) is 0. The molecular formula is C24H30O6. The normalized spacial score (nSPS) is 11.9. The molecular weight excluding hydrogens is 384 g/mol. The Hall–Kier alpha value is -3.02. The standard InChI is InChI=1S/C24H30O6/c1-23(2,3)17-11-19(29-7)13(9-15(17)21(25)26)14-10-16(22(27)28)18(24(4,5)6)12-20(14)30-8/h9-12H,1-8H3,(H,25,26)(H,27,28). The van der Waals surface area contributed by atoms with Crippen LogP contribution in [-0.4, -0.2) is 36.4 Å². The van der Waals surface area contributed by atoms with E-state index in [9.17, 15) is 19.8 Å². The summed E-state index contributed by atoms with van der Waals surface area (Å²) < 4.78 is 11.1. The molecule has 0 amide bonds. The van der Waals surface area contributed by atoms with E-state index in [1.54, 1.807) is 12.1 Å². The first-order valence-electron chi connectivity index (χ1n) is 9.64. The van der Waals surface area contributed by atoms with Crippen LogP contribution < -0.4 is 9.47 Å². The Balaban J connectivity index is 2.96. The van der Waals surface area contributed by atoms with Crippen molar-refractivity contribution in [2.45, 2.75) is 52.4 Å². The van der Waals surface area contributed by atoms with E-state index in [2.05, 4.69) is 0 Å². The lowest BCUT2D eigenvalue weighted by Crippen LogP contribution is -2.18. The first-order valence-corrected chi connectivity index (χ1v) is 9.64. The molecule has 0 aliphatic heterocycles. The zero-order chi connectivity index (χ0) is 23.0. The van der Waals surface area contributed by atoms with Gasteiger partial charge < -0.3 is 19.7 Å². The number of methoxy groups -OCH3 is 2. The monoisotopic (exact) mass is 414 g/mol. The summed E-state index contributed by atoms with van der Waals surface area (Å²) in [6.45, 7) is 11.6. The molecule has 0 fully saturated rings. The average Bonchev–Trinajstić information content (AvgIpc) is 2.64. The molecule has 30 heavy (non-hydrogen) atoms. The van der Waals surface area contributed by atoms with E-state index < -0.39 is 22.8 Å². The van der Waals surface area contributed by atoms with Crippen LogP contribution in [0.4, 0.5) is 0 Å². The lowest BCUT2D eigenvalue weighted by Gasteiger charge is -2.26. The van der Waals surface area contributed by atoms with E-state index in [4.69, 9.17) is 9.47 Å². The zero-order valence-electron chi connectivity index (χ0n) is 18.8. The molecule has 0 saturated carbocycles. The number of carboxylic acids is 2. The lowest BCUT2D eigenvalue weighted by molar-refractivity contribution is 0.0683. The molecule has 2 aromatic rings. The van der Waals surface area contributed by atoms with Crippen molar-refractivity contribution in [3.63, 3.8) is 0 Å². The van der Waals surface area contributed by atoms with Gasteiger partial charge >= 0.3 is 11.9 Å². The summed E-state index contributed by atoms with van der Waals surface area (Å²) in [5.74, 6) is -1.23. The Morgan fingerprint density at radius 2 is 0.967 bits per heavy atom. The summed E-state index contributed by atoms with van der Waals surface area (Å²) in [7, 11) is 3.00. The Morgan fingerprint density at radius 1 is 0.667 bits per heavy atom. The summed E-state index contributed by atoms with van der Waals surface area (Å²) in [6, 6.07) is 6.47. The molecule has 6 nitrogen and oxygen atoms in total. The van der Waals surface area contributed by atoms with Crippen molar-refractivity contribution in [3.05, 3.63) is 46.5 Å². The zero-order valence-corrected chi connectivity index (χ0v) is 18.8. The quantitative estimate of drug-likeness (QED) is 0.684. The number of hydrogen-bond donors (Lipinski definition) is 2. The van der Waals surface area contributed by atoms with Gasteiger partial charge in [-0.2, -0.15) is 0 Å². The first-order chi connectivity index (χ1) is 13.7. The third kappa shape index (κ3) is 4.42. The van der Waals surface area contributed by atoms with Gasteiger partial charge in [0.25, 0.3) is 0 Å². The molecule has 2 aromatic carbocycles. The molecule has 2 rings (SSSR count). The predicted octanol–water partition coefficient (Wildman–Crippen LogP) is 5.36. The Morgan fingerprint density at radius 3 is 1.17 bits per heavy atom. The number of benzene rings is 2. The van der Waals surface area contributed by atoms with Crippen molar-refractivity contribution in [2.24, 2.45) is 0 Å². The van der Waals surface area contributed by atoms with Gasteiger partial charge in [-0.25, -0.2) is 9.59 Å². The average molecular weight is 414 g/mol. The third-order valence-electron chi connectivity index (χ3n) is 5.05. The number of rotatable bonds is 5. The summed E-state index contributed by atoms with van der Waals surface area (Å²) in [4.78, 5) is 24.0. The molecule has 0 aliphatic rings. The molecule has 0 unspecified atom stereocenters. The second-order valence-electron chi connectivity index (χ2n) is 9.31.